The Balaban J connectivity index is 0.000000204. The highest BCUT2D eigenvalue weighted by Crippen LogP contribution is 2.08. The summed E-state index contributed by atoms with van der Waals surface area (Å²) < 4.78 is 0. The number of hydrogen-bond acceptors (Lipinski definition) is 1. The molecular formula is C18H22O2. The molecule has 1 N–H and O–H groups in total. The third-order valence-corrected chi connectivity index (χ3v) is 2.83. The van der Waals surface area contributed by atoms with E-state index in [2.05, 4.69) is 39.0 Å². The Bertz CT molecular complexity index is 542. The van der Waals surface area contributed by atoms with E-state index < -0.39 is 5.97 Å². The Kier molecular flexibility index (Phi) is 5.51. The summed E-state index contributed by atoms with van der Waals surface area (Å²) in [7, 11) is 0. The summed E-state index contributed by atoms with van der Waals surface area (Å²) >= 11 is 0. The number of rotatable bonds is 1. The van der Waals surface area contributed by atoms with Crippen molar-refractivity contribution in [2.75, 3.05) is 0 Å². The predicted octanol–water partition coefficient (Wildman–Crippen LogP) is 4.61. The zero-order valence-corrected chi connectivity index (χ0v) is 12.8. The van der Waals surface area contributed by atoms with E-state index in [4.69, 9.17) is 5.11 Å². The highest BCUT2D eigenvalue weighted by molar-refractivity contribution is 5.88. The molecule has 0 atom stereocenters. The molecule has 0 heterocycles. The summed E-state index contributed by atoms with van der Waals surface area (Å²) in [5, 5.41) is 8.63. The van der Waals surface area contributed by atoms with Crippen LogP contribution in [0.1, 0.15) is 38.2 Å². The minimum Gasteiger partial charge on any atom is -0.478 e. The van der Waals surface area contributed by atoms with Gasteiger partial charge in [-0.2, -0.15) is 0 Å². The maximum Gasteiger partial charge on any atom is 0.335 e. The Morgan fingerprint density at radius 2 is 0.900 bits per heavy atom. The van der Waals surface area contributed by atoms with Gasteiger partial charge in [0.25, 0.3) is 0 Å². The van der Waals surface area contributed by atoms with Gasteiger partial charge in [0.05, 0.1) is 5.56 Å². The second kappa shape index (κ2) is 6.90. The SMILES string of the molecule is Cc1cc(C)cc(C(=O)O)c1.Cc1cc(C)cc(C)c1. The zero-order chi connectivity index (χ0) is 15.3. The van der Waals surface area contributed by atoms with Crippen LogP contribution in [-0.2, 0) is 0 Å². The van der Waals surface area contributed by atoms with Crippen LogP contribution in [0, 0.1) is 34.6 Å². The first-order valence-electron chi connectivity index (χ1n) is 6.64. The molecule has 2 heteroatoms. The molecule has 0 aromatic heterocycles. The van der Waals surface area contributed by atoms with E-state index >= 15 is 0 Å². The molecule has 2 aromatic carbocycles. The second-order valence-corrected chi connectivity index (χ2v) is 5.35. The molecule has 20 heavy (non-hydrogen) atoms. The zero-order valence-electron chi connectivity index (χ0n) is 12.8. The summed E-state index contributed by atoms with van der Waals surface area (Å²) in [6, 6.07) is 11.8. The van der Waals surface area contributed by atoms with E-state index in [1.165, 1.54) is 16.7 Å². The first kappa shape index (κ1) is 16.0. The van der Waals surface area contributed by atoms with Gasteiger partial charge in [0.15, 0.2) is 0 Å². The molecule has 0 saturated heterocycles. The van der Waals surface area contributed by atoms with E-state index in [-0.39, 0.29) is 0 Å². The molecule has 0 amide bonds. The monoisotopic (exact) mass is 270 g/mol. The molecule has 2 nitrogen and oxygen atoms in total. The standard InChI is InChI=1S/C9H10O2.C9H12/c1-6-3-7(2)5-8(4-6)9(10)11;1-7-4-8(2)6-9(3)5-7/h3-5H,1-2H3,(H,10,11);4-6H,1-3H3. The molecule has 0 saturated carbocycles. The highest BCUT2D eigenvalue weighted by atomic mass is 16.4. The molecule has 0 aliphatic rings. The topological polar surface area (TPSA) is 37.3 Å². The van der Waals surface area contributed by atoms with Crippen LogP contribution in [0.15, 0.2) is 36.4 Å². The van der Waals surface area contributed by atoms with Crippen LogP contribution in [0.4, 0.5) is 0 Å². The molecule has 0 spiro atoms. The van der Waals surface area contributed by atoms with E-state index in [1.807, 2.05) is 19.9 Å². The summed E-state index contributed by atoms with van der Waals surface area (Å²) in [4.78, 5) is 10.5. The van der Waals surface area contributed by atoms with Crippen molar-refractivity contribution >= 4 is 5.97 Å². The van der Waals surface area contributed by atoms with Gasteiger partial charge in [-0.05, 0) is 46.8 Å². The lowest BCUT2D eigenvalue weighted by Gasteiger charge is -1.98. The molecular weight excluding hydrogens is 248 g/mol. The van der Waals surface area contributed by atoms with Gasteiger partial charge in [0, 0.05) is 0 Å². The van der Waals surface area contributed by atoms with E-state index in [9.17, 15) is 4.79 Å². The van der Waals surface area contributed by atoms with Crippen LogP contribution in [0.5, 0.6) is 0 Å². The number of carboxylic acids is 1. The first-order valence-corrected chi connectivity index (χ1v) is 6.64. The summed E-state index contributed by atoms with van der Waals surface area (Å²) in [6.07, 6.45) is 0. The lowest BCUT2D eigenvalue weighted by Crippen LogP contribution is -1.96. The first-order chi connectivity index (χ1) is 9.27. The fraction of sp³-hybridized carbons (Fsp3) is 0.278. The highest BCUT2D eigenvalue weighted by Gasteiger charge is 2.02. The number of aromatic carboxylic acids is 1. The smallest absolute Gasteiger partial charge is 0.335 e. The fourth-order valence-electron chi connectivity index (χ4n) is 2.30. The van der Waals surface area contributed by atoms with E-state index in [0.717, 1.165) is 11.1 Å². The number of carboxylic acid groups (broad SMARTS) is 1. The van der Waals surface area contributed by atoms with Gasteiger partial charge in [-0.3, -0.25) is 0 Å². The van der Waals surface area contributed by atoms with Gasteiger partial charge < -0.3 is 5.11 Å². The quantitative estimate of drug-likeness (QED) is 0.821. The Morgan fingerprint density at radius 1 is 0.650 bits per heavy atom. The van der Waals surface area contributed by atoms with Crippen molar-refractivity contribution in [2.45, 2.75) is 34.6 Å². The molecule has 0 radical (unpaired) electrons. The fourth-order valence-corrected chi connectivity index (χ4v) is 2.30. The van der Waals surface area contributed by atoms with Crippen molar-refractivity contribution in [3.63, 3.8) is 0 Å². The molecule has 0 bridgehead atoms. The molecule has 0 aliphatic heterocycles. The maximum atomic E-state index is 10.5. The van der Waals surface area contributed by atoms with Crippen LogP contribution >= 0.6 is 0 Å². The summed E-state index contributed by atoms with van der Waals surface area (Å²) in [5.74, 6) is -0.864. The lowest BCUT2D eigenvalue weighted by atomic mass is 10.1. The largest absolute Gasteiger partial charge is 0.478 e. The van der Waals surface area contributed by atoms with Crippen LogP contribution in [0.3, 0.4) is 0 Å². The Labute approximate surface area is 121 Å². The van der Waals surface area contributed by atoms with Gasteiger partial charge in [0.2, 0.25) is 0 Å². The second-order valence-electron chi connectivity index (χ2n) is 5.35. The molecule has 106 valence electrons. The van der Waals surface area contributed by atoms with Gasteiger partial charge in [-0.15, -0.1) is 0 Å². The van der Waals surface area contributed by atoms with Crippen LogP contribution < -0.4 is 0 Å². The average molecular weight is 270 g/mol. The van der Waals surface area contributed by atoms with Crippen molar-refractivity contribution in [1.82, 2.24) is 0 Å². The number of aryl methyl sites for hydroxylation is 5. The molecule has 2 rings (SSSR count). The van der Waals surface area contributed by atoms with Crippen LogP contribution in [0.25, 0.3) is 0 Å². The van der Waals surface area contributed by atoms with Gasteiger partial charge in [0.1, 0.15) is 0 Å². The minimum absolute atomic E-state index is 0.363. The normalized spacial score (nSPS) is 9.65. The number of hydrogen-bond donors (Lipinski definition) is 1. The third kappa shape index (κ3) is 5.27. The van der Waals surface area contributed by atoms with Gasteiger partial charge in [-0.25, -0.2) is 4.79 Å². The minimum atomic E-state index is -0.864. The van der Waals surface area contributed by atoms with Gasteiger partial charge >= 0.3 is 5.97 Å². The van der Waals surface area contributed by atoms with Crippen molar-refractivity contribution in [3.8, 4) is 0 Å². The molecule has 2 aromatic rings. The lowest BCUT2D eigenvalue weighted by molar-refractivity contribution is 0.0696. The maximum absolute atomic E-state index is 10.5. The molecule has 0 unspecified atom stereocenters. The molecule has 0 aliphatic carbocycles. The summed E-state index contributed by atoms with van der Waals surface area (Å²) in [5.41, 5.74) is 6.40. The van der Waals surface area contributed by atoms with Crippen LogP contribution in [-0.4, -0.2) is 11.1 Å². The Hall–Kier alpha value is -2.09. The number of carbonyl (C=O) groups is 1. The average Bonchev–Trinajstić information content (AvgIpc) is 2.26. The van der Waals surface area contributed by atoms with E-state index in [0.29, 0.717) is 5.56 Å². The van der Waals surface area contributed by atoms with Crippen LogP contribution in [0.2, 0.25) is 0 Å². The third-order valence-electron chi connectivity index (χ3n) is 2.83. The number of benzene rings is 2. The van der Waals surface area contributed by atoms with E-state index in [1.54, 1.807) is 12.1 Å². The molecule has 0 fully saturated rings. The Morgan fingerprint density at radius 3 is 1.15 bits per heavy atom. The predicted molar refractivity (Wildman–Crippen MR) is 83.5 cm³/mol. The summed E-state index contributed by atoms with van der Waals surface area (Å²) in [6.45, 7) is 10.2. The van der Waals surface area contributed by atoms with Crippen molar-refractivity contribution in [1.29, 1.82) is 0 Å². The van der Waals surface area contributed by atoms with Crippen molar-refractivity contribution in [3.05, 3.63) is 69.8 Å². The van der Waals surface area contributed by atoms with Crippen molar-refractivity contribution in [2.24, 2.45) is 0 Å². The van der Waals surface area contributed by atoms with Gasteiger partial charge in [-0.1, -0.05) is 52.1 Å². The van der Waals surface area contributed by atoms with Crippen molar-refractivity contribution < 1.29 is 9.90 Å².